The van der Waals surface area contributed by atoms with Crippen molar-refractivity contribution >= 4 is 156 Å². The van der Waals surface area contributed by atoms with Crippen LogP contribution in [0.25, 0.3) is 44.7 Å². The van der Waals surface area contributed by atoms with Crippen LogP contribution in [0.1, 0.15) is 170 Å². The minimum Gasteiger partial charge on any atom is -0.408 e. The second-order valence-corrected chi connectivity index (χ2v) is 53.7. The normalized spacial score (nSPS) is 30.0. The molecule has 9 aromatic rings. The van der Waals surface area contributed by atoms with Gasteiger partial charge in [0.05, 0.1) is 69.2 Å². The number of imidazole rings is 4. The number of aryl methyl sites for hydroxylation is 2. The number of thiol groups is 1. The Morgan fingerprint density at radius 3 is 1.32 bits per heavy atom. The SMILES string of the molecule is CCN(CC)CC.CCN(CC)CC.CCN(CC)CC.CCN(CC)CC.C[C@@H]1[C@H]2COP(O)(=S)O[C@H]3C4O[C@H](COP(O)(=S)O[C@H]1C(O2)n1cnc2c(ncnc21)CC/C=C/CN(C(=O)c1ccccc1)c1ncnc2c1ncn24)[C@H]3O[Si](C)(C)C(C)(C)C.O[C@@H]1[C@H]2COP(O)(=S)O[C@H]3C4O[C@H](COP(=S)(S)O[C@H]1C(O2)n1cnc2c(ncnc21)CC/C=C/CNc1ncnc2c1ncn24)[C@H]3O. The van der Waals surface area contributed by atoms with Gasteiger partial charge in [0.15, 0.2) is 78.5 Å². The first-order chi connectivity index (χ1) is 66.4. The molecule has 10 aliphatic heterocycles. The quantitative estimate of drug-likeness (QED) is 0.0217. The summed E-state index contributed by atoms with van der Waals surface area (Å²) in [7, 11) is -2.67. The Kier molecular flexibility index (Phi) is 40.9. The number of carbonyl (C=O) groups is 1. The summed E-state index contributed by atoms with van der Waals surface area (Å²) in [6.07, 6.45) is 5.66. The number of aliphatic hydroxyl groups excluding tert-OH is 2. The summed E-state index contributed by atoms with van der Waals surface area (Å²) in [6, 6.07) is 8.90. The third kappa shape index (κ3) is 27.7. The smallest absolute Gasteiger partial charge is 0.325 e. The minimum atomic E-state index is -4.14. The second-order valence-electron chi connectivity index (χ2n) is 35.3. The summed E-state index contributed by atoms with van der Waals surface area (Å²) in [5.74, 6) is -0.0699. The molecule has 0 aliphatic carbocycles. The van der Waals surface area contributed by atoms with Gasteiger partial charge in [0, 0.05) is 24.6 Å². The third-order valence-electron chi connectivity index (χ3n) is 26.1. The van der Waals surface area contributed by atoms with Crippen molar-refractivity contribution in [3.8, 4) is 0 Å². The summed E-state index contributed by atoms with van der Waals surface area (Å²) in [5, 5.41) is 25.8. The number of allylic oxidation sites excluding steroid dienone is 2. The van der Waals surface area contributed by atoms with Crippen molar-refractivity contribution in [2.45, 2.75) is 247 Å². The molecule has 28 bridgehead atoms. The number of nitrogens with one attached hydrogen (secondary N) is 1. The zero-order valence-electron chi connectivity index (χ0n) is 82.3. The lowest BCUT2D eigenvalue weighted by molar-refractivity contribution is -0.0610. The lowest BCUT2D eigenvalue weighted by Gasteiger charge is -2.41. The number of anilines is 2. The topological polar surface area (TPSA) is 441 Å². The van der Waals surface area contributed by atoms with Crippen molar-refractivity contribution in [2.24, 2.45) is 5.92 Å². The number of hydrogen-bond donors (Lipinski definition) is 7. The van der Waals surface area contributed by atoms with Crippen molar-refractivity contribution in [3.63, 3.8) is 0 Å². The van der Waals surface area contributed by atoms with Gasteiger partial charge in [-0.1, -0.05) is 166 Å². The molecule has 768 valence electrons. The van der Waals surface area contributed by atoms with E-state index in [-0.39, 0.29) is 54.3 Å². The van der Waals surface area contributed by atoms with Crippen LogP contribution in [0.5, 0.6) is 0 Å². The Balaban J connectivity index is 0.000000199. The molecule has 1 aromatic carbocycles. The number of hydrogen-bond acceptors (Lipinski definition) is 37. The van der Waals surface area contributed by atoms with Gasteiger partial charge in [0.25, 0.3) is 5.91 Å². The number of aromatic nitrogens is 16. The number of nitrogens with zero attached hydrogens (tertiary/aromatic N) is 21. The Labute approximate surface area is 840 Å². The Hall–Kier alpha value is -5.54. The molecule has 8 aromatic heterocycles. The van der Waals surface area contributed by atoms with E-state index in [4.69, 9.17) is 117 Å². The largest absolute Gasteiger partial charge is 0.408 e. The predicted octanol–water partition coefficient (Wildman–Crippen LogP) is 12.6. The summed E-state index contributed by atoms with van der Waals surface area (Å²) in [5.41, 5.74) is 1.74. The van der Waals surface area contributed by atoms with Crippen molar-refractivity contribution in [3.05, 3.63) is 122 Å². The highest BCUT2D eigenvalue weighted by Gasteiger charge is 2.57. The molecule has 1 amide bonds. The first-order valence-electron chi connectivity index (χ1n) is 47.7. The number of aliphatic hydroxyl groups is 2. The van der Waals surface area contributed by atoms with Crippen molar-refractivity contribution in [2.75, 3.05) is 128 Å². The van der Waals surface area contributed by atoms with E-state index in [1.54, 1.807) is 48.9 Å². The molecule has 0 saturated carbocycles. The van der Waals surface area contributed by atoms with E-state index in [0.29, 0.717) is 88.5 Å². The van der Waals surface area contributed by atoms with Gasteiger partial charge in [-0.25, -0.2) is 59.8 Å². The molecule has 6 saturated heterocycles. The molecule has 6 fully saturated rings. The van der Waals surface area contributed by atoms with Gasteiger partial charge in [-0.2, -0.15) is 0 Å². The molecule has 6 N–H and O–H groups in total. The Morgan fingerprint density at radius 2 is 0.849 bits per heavy atom. The first kappa shape index (κ1) is 112. The molecule has 51 heteroatoms. The van der Waals surface area contributed by atoms with Gasteiger partial charge < -0.3 is 100 Å². The van der Waals surface area contributed by atoms with Crippen LogP contribution in [0, 0.1) is 5.92 Å². The fourth-order valence-electron chi connectivity index (χ4n) is 16.8. The maximum absolute atomic E-state index is 14.3. The number of ether oxygens (including phenoxy) is 4. The maximum Gasteiger partial charge on any atom is 0.325 e. The molecule has 41 nitrogen and oxygen atoms in total. The van der Waals surface area contributed by atoms with E-state index in [2.05, 4.69) is 204 Å². The highest BCUT2D eigenvalue weighted by molar-refractivity contribution is 8.60. The Bertz CT molecular complexity index is 5540. The van der Waals surface area contributed by atoms with Crippen LogP contribution in [-0.2, 0) is 120 Å². The van der Waals surface area contributed by atoms with Crippen LogP contribution < -0.4 is 10.2 Å². The zero-order chi connectivity index (χ0) is 100. The molecular formula is C88H138N22O19P4S5Si. The summed E-state index contributed by atoms with van der Waals surface area (Å²) in [4.78, 5) is 115. The van der Waals surface area contributed by atoms with Gasteiger partial charge in [0.1, 0.15) is 97.4 Å². The lowest BCUT2D eigenvalue weighted by atomic mass is 10.0. The summed E-state index contributed by atoms with van der Waals surface area (Å²) >= 11 is 27.1. The van der Waals surface area contributed by atoms with Crippen LogP contribution in [-0.4, -0.2) is 322 Å². The van der Waals surface area contributed by atoms with E-state index in [1.807, 2.05) is 37.3 Å². The van der Waals surface area contributed by atoms with E-state index in [1.165, 1.54) is 128 Å². The van der Waals surface area contributed by atoms with Gasteiger partial charge in [-0.15, -0.1) is 0 Å². The molecule has 139 heavy (non-hydrogen) atoms. The average Bonchev–Trinajstić information content (AvgIpc) is 1.61. The highest BCUT2D eigenvalue weighted by atomic mass is 32.9. The van der Waals surface area contributed by atoms with Crippen LogP contribution in [0.3, 0.4) is 0 Å². The lowest BCUT2D eigenvalue weighted by Crippen LogP contribution is -2.50. The molecule has 20 atom stereocenters. The van der Waals surface area contributed by atoms with Crippen molar-refractivity contribution in [1.82, 2.24) is 97.7 Å². The van der Waals surface area contributed by atoms with E-state index < -0.39 is 139 Å². The summed E-state index contributed by atoms with van der Waals surface area (Å²) < 4.78 is 88.5. The predicted molar refractivity (Wildman–Crippen MR) is 552 cm³/mol. The highest BCUT2D eigenvalue weighted by Crippen LogP contribution is 2.60. The van der Waals surface area contributed by atoms with Crippen LogP contribution in [0.4, 0.5) is 11.6 Å². The molecule has 0 spiro atoms. The van der Waals surface area contributed by atoms with Crippen LogP contribution in [0.15, 0.2) is 105 Å². The molecule has 18 heterocycles. The number of rotatable bonds is 15. The maximum atomic E-state index is 14.3. The monoisotopic (exact) mass is 2120 g/mol. The fraction of sp³-hybridized carbons (Fsp3) is 0.648. The summed E-state index contributed by atoms with van der Waals surface area (Å²) in [6.45, 7) is 39.8. The molecule has 0 radical (unpaired) electrons. The second kappa shape index (κ2) is 50.7. The van der Waals surface area contributed by atoms with E-state index in [0.717, 1.165) is 0 Å². The first-order valence-corrected chi connectivity index (χ1v) is 62.1. The molecular weight excluding hydrogens is 1980 g/mol. The van der Waals surface area contributed by atoms with E-state index >= 15 is 0 Å². The molecule has 19 rings (SSSR count). The minimum absolute atomic E-state index is 0.145. The fourth-order valence-corrected chi connectivity index (χ4v) is 24.3. The van der Waals surface area contributed by atoms with Gasteiger partial charge >= 0.3 is 20.2 Å². The van der Waals surface area contributed by atoms with Crippen molar-refractivity contribution in [1.29, 1.82) is 0 Å². The average molecular weight is 2120 g/mol. The van der Waals surface area contributed by atoms with Gasteiger partial charge in [-0.3, -0.25) is 37.0 Å². The molecule has 10 aliphatic rings. The third-order valence-corrected chi connectivity index (χ3v) is 37.5. The zero-order valence-corrected chi connectivity index (χ0v) is 91.1. The number of carbonyl (C=O) groups excluding carboxylic acids is 1. The number of amides is 1. The number of fused-ring (bicyclic) bond motifs is 20. The van der Waals surface area contributed by atoms with Crippen molar-refractivity contribution < 1.29 is 89.3 Å². The van der Waals surface area contributed by atoms with Crippen LogP contribution in [0.2, 0.25) is 18.1 Å². The van der Waals surface area contributed by atoms with Gasteiger partial charge in [-0.05, 0) is 182 Å². The Morgan fingerprint density at radius 1 is 0.475 bits per heavy atom. The molecule has 8 unspecified atom stereocenters. The number of benzene rings is 1. The van der Waals surface area contributed by atoms with Crippen LogP contribution >= 0.6 is 38.1 Å². The van der Waals surface area contributed by atoms with Gasteiger partial charge in [0.2, 0.25) is 5.69 Å². The van der Waals surface area contributed by atoms with E-state index in [9.17, 15) is 29.7 Å². The standard InChI is InChI=1S/C39H49N9O10P2S2Si.C25H29N9O9P2S3.4C6H15N/c1-23-26-17-52-60(51,62)57-32-31(58-63(5,6)39(2,3)4)27-18-53-59(50,61)56-30(23)37(54-26)47-21-44-28-25(40-19-41-33(28)47)15-11-8-12-16-46(36(49)24-13-9-7-10-14-24)34-29-35(43-20-42-34)48(22-45-29)38(32)55-27;35-17-14-7-39-45(47,48)43-20-18(36)13-6-38-44(37,46)42-19(17)24(41-14)34-11-32-16-21(28-9-30-23(16)34)26-5-3-1-2-4-12-15-22(29-8-27-12)33(10-31-15)25(20)40-13;4*1-4-7(5-2)6-3/h7-10,12-14,19-23,26-27,30-32,37-38H,11,15-18H2,1-6H3,(H,50,61)(H,51,62);1,3,8-11,13-14,17-20,24-25,35-36H,2,4-7H2,(H,37,46)(H,47,48)(H,26,28,30);4*4-6H2,1-3H3/b12-8+;3-1+;;;;/t23-,26-,27-,30-,31-,32-,37?,38?,59?,60?;13-,14-,17-,18-,19-,20-,24?,25?,44?;;;;/m11..../s1.